The minimum atomic E-state index is -0.298. The fraction of sp³-hybridized carbons (Fsp3) is 0.667. The van der Waals surface area contributed by atoms with Gasteiger partial charge in [0.2, 0.25) is 5.91 Å². The van der Waals surface area contributed by atoms with Gasteiger partial charge in [0.1, 0.15) is 0 Å². The molecule has 2 heterocycles. The minimum absolute atomic E-state index is 0.211. The van der Waals surface area contributed by atoms with Crippen molar-refractivity contribution in [3.63, 3.8) is 0 Å². The number of carbonyl (C=O) groups excluding carboxylic acids is 1. The molecule has 2 saturated heterocycles. The zero-order valence-electron chi connectivity index (χ0n) is 15.8. The van der Waals surface area contributed by atoms with Gasteiger partial charge in [-0.2, -0.15) is 23.5 Å². The van der Waals surface area contributed by atoms with Crippen LogP contribution in [0.2, 0.25) is 5.02 Å². The highest BCUT2D eigenvalue weighted by molar-refractivity contribution is 8.03. The molecule has 148 valence electrons. The van der Waals surface area contributed by atoms with Crippen LogP contribution in [0.3, 0.4) is 0 Å². The summed E-state index contributed by atoms with van der Waals surface area (Å²) in [5.74, 6) is 5.92. The second-order valence-corrected chi connectivity index (χ2v) is 10.8. The van der Waals surface area contributed by atoms with Gasteiger partial charge in [0.05, 0.1) is 5.41 Å². The fourth-order valence-electron chi connectivity index (χ4n) is 4.36. The van der Waals surface area contributed by atoms with Crippen LogP contribution >= 0.6 is 35.1 Å². The smallest absolute Gasteiger partial charge is 0.230 e. The Morgan fingerprint density at radius 1 is 1.19 bits per heavy atom. The summed E-state index contributed by atoms with van der Waals surface area (Å²) < 4.78 is 0. The van der Waals surface area contributed by atoms with Crippen molar-refractivity contribution in [3.05, 3.63) is 34.9 Å². The zero-order valence-corrected chi connectivity index (χ0v) is 18.2. The van der Waals surface area contributed by atoms with Crippen molar-refractivity contribution >= 4 is 41.0 Å². The molecule has 0 bridgehead atoms. The number of likely N-dealkylation sites (tertiary alicyclic amines) is 1. The van der Waals surface area contributed by atoms with E-state index in [9.17, 15) is 4.79 Å². The molecule has 6 heteroatoms. The zero-order chi connectivity index (χ0) is 18.7. The lowest BCUT2D eigenvalue weighted by atomic mass is 9.93. The molecule has 3 nitrogen and oxygen atoms in total. The molecule has 1 amide bonds. The molecule has 3 fully saturated rings. The molecule has 0 spiro atoms. The maximum atomic E-state index is 12.9. The normalized spacial score (nSPS) is 26.3. The largest absolute Gasteiger partial charge is 0.355 e. The number of piperidine rings is 1. The lowest BCUT2D eigenvalue weighted by molar-refractivity contribution is -0.123. The number of carbonyl (C=O) groups is 1. The number of hydrogen-bond donors (Lipinski definition) is 1. The van der Waals surface area contributed by atoms with Gasteiger partial charge in [0.25, 0.3) is 0 Å². The topological polar surface area (TPSA) is 32.3 Å². The molecule has 2 aliphatic heterocycles. The van der Waals surface area contributed by atoms with E-state index in [0.717, 1.165) is 36.5 Å². The average Bonchev–Trinajstić information content (AvgIpc) is 3.52. The van der Waals surface area contributed by atoms with Crippen molar-refractivity contribution in [1.82, 2.24) is 10.2 Å². The van der Waals surface area contributed by atoms with Crippen molar-refractivity contribution in [2.75, 3.05) is 42.6 Å². The van der Waals surface area contributed by atoms with Crippen LogP contribution in [0.5, 0.6) is 0 Å². The van der Waals surface area contributed by atoms with Gasteiger partial charge in [-0.1, -0.05) is 23.7 Å². The molecular weight excluding hydrogens is 396 g/mol. The fourth-order valence-corrected chi connectivity index (χ4v) is 7.11. The van der Waals surface area contributed by atoms with E-state index in [-0.39, 0.29) is 11.3 Å². The minimum Gasteiger partial charge on any atom is -0.355 e. The van der Waals surface area contributed by atoms with Crippen LogP contribution in [0.15, 0.2) is 24.3 Å². The summed E-state index contributed by atoms with van der Waals surface area (Å²) in [6, 6.07) is 8.53. The Hall–Kier alpha value is -0.360. The second-order valence-electron chi connectivity index (χ2n) is 8.11. The highest BCUT2D eigenvalue weighted by atomic mass is 35.5. The van der Waals surface area contributed by atoms with E-state index in [4.69, 9.17) is 11.6 Å². The average molecular weight is 425 g/mol. The van der Waals surface area contributed by atoms with E-state index >= 15 is 0 Å². The molecule has 27 heavy (non-hydrogen) atoms. The molecule has 1 aliphatic carbocycles. The van der Waals surface area contributed by atoms with Gasteiger partial charge >= 0.3 is 0 Å². The maximum Gasteiger partial charge on any atom is 0.230 e. The van der Waals surface area contributed by atoms with Crippen LogP contribution < -0.4 is 5.32 Å². The molecule has 1 N–H and O–H groups in total. The maximum absolute atomic E-state index is 12.9. The standard InChI is InChI=1S/C21H29ClN2OS2/c22-18-5-3-17(4-6-18)21(7-8-21)20(25)23-12-16-2-1-9-24(13-16)19-14-26-10-11-27-15-19/h3-6,16,19H,1-2,7-15H2,(H,23,25). The first kappa shape index (κ1) is 19.9. The van der Waals surface area contributed by atoms with Crippen molar-refractivity contribution in [3.8, 4) is 0 Å². The molecule has 4 rings (SSSR count). The van der Waals surface area contributed by atoms with E-state index in [1.165, 1.54) is 42.4 Å². The first-order chi connectivity index (χ1) is 13.2. The number of benzene rings is 1. The van der Waals surface area contributed by atoms with Gasteiger partial charge in [-0.3, -0.25) is 9.69 Å². The van der Waals surface area contributed by atoms with Crippen molar-refractivity contribution < 1.29 is 4.79 Å². The number of rotatable bonds is 5. The van der Waals surface area contributed by atoms with E-state index < -0.39 is 0 Å². The van der Waals surface area contributed by atoms with Gasteiger partial charge in [0.15, 0.2) is 0 Å². The highest BCUT2D eigenvalue weighted by Crippen LogP contribution is 2.48. The van der Waals surface area contributed by atoms with Crippen LogP contribution in [-0.2, 0) is 10.2 Å². The quantitative estimate of drug-likeness (QED) is 0.772. The number of amides is 1. The van der Waals surface area contributed by atoms with Crippen molar-refractivity contribution in [1.29, 1.82) is 0 Å². The Labute approximate surface area is 176 Å². The Morgan fingerprint density at radius 2 is 1.89 bits per heavy atom. The summed E-state index contributed by atoms with van der Waals surface area (Å²) in [5.41, 5.74) is 0.815. The highest BCUT2D eigenvalue weighted by Gasteiger charge is 2.51. The van der Waals surface area contributed by atoms with Crippen LogP contribution in [0.25, 0.3) is 0 Å². The predicted molar refractivity (Wildman–Crippen MR) is 118 cm³/mol. The third kappa shape index (κ3) is 4.80. The SMILES string of the molecule is O=C(NCC1CCCN(C2CSCCSC2)C1)C1(c2ccc(Cl)cc2)CC1. The van der Waals surface area contributed by atoms with E-state index in [2.05, 4.69) is 33.7 Å². The van der Waals surface area contributed by atoms with Gasteiger partial charge in [0, 0.05) is 47.2 Å². The van der Waals surface area contributed by atoms with Crippen LogP contribution in [0.1, 0.15) is 31.2 Å². The molecule has 1 saturated carbocycles. The Balaban J connectivity index is 1.30. The lowest BCUT2D eigenvalue weighted by Gasteiger charge is -2.38. The van der Waals surface area contributed by atoms with Gasteiger partial charge < -0.3 is 5.32 Å². The van der Waals surface area contributed by atoms with E-state index in [1.807, 2.05) is 24.3 Å². The summed E-state index contributed by atoms with van der Waals surface area (Å²) in [5, 5.41) is 4.02. The summed E-state index contributed by atoms with van der Waals surface area (Å²) in [6.45, 7) is 3.18. The molecule has 0 aromatic heterocycles. The first-order valence-corrected chi connectivity index (χ1v) is 12.8. The molecule has 1 aromatic carbocycles. The summed E-state index contributed by atoms with van der Waals surface area (Å²) in [4.78, 5) is 15.6. The first-order valence-electron chi connectivity index (χ1n) is 10.1. The van der Waals surface area contributed by atoms with Crippen molar-refractivity contribution in [2.45, 2.75) is 37.1 Å². The van der Waals surface area contributed by atoms with E-state index in [0.29, 0.717) is 12.0 Å². The Kier molecular flexibility index (Phi) is 6.63. The molecule has 1 unspecified atom stereocenters. The van der Waals surface area contributed by atoms with Crippen LogP contribution in [0, 0.1) is 5.92 Å². The third-order valence-electron chi connectivity index (χ3n) is 6.19. The van der Waals surface area contributed by atoms with Gasteiger partial charge in [-0.15, -0.1) is 0 Å². The van der Waals surface area contributed by atoms with E-state index in [1.54, 1.807) is 0 Å². The Morgan fingerprint density at radius 3 is 2.56 bits per heavy atom. The third-order valence-corrected chi connectivity index (χ3v) is 8.93. The molecule has 3 aliphatic rings. The summed E-state index contributed by atoms with van der Waals surface area (Å²) in [7, 11) is 0. The predicted octanol–water partition coefficient (Wildman–Crippen LogP) is 4.05. The summed E-state index contributed by atoms with van der Waals surface area (Å²) >= 11 is 10.2. The van der Waals surface area contributed by atoms with Crippen LogP contribution in [-0.4, -0.2) is 59.5 Å². The number of nitrogens with one attached hydrogen (secondary N) is 1. The molecule has 0 radical (unpaired) electrons. The monoisotopic (exact) mass is 424 g/mol. The molecule has 1 atom stereocenters. The lowest BCUT2D eigenvalue weighted by Crippen LogP contribution is -2.48. The molecule has 1 aromatic rings. The number of nitrogens with zero attached hydrogens (tertiary/aromatic N) is 1. The second kappa shape index (κ2) is 8.98. The number of thioether (sulfide) groups is 2. The van der Waals surface area contributed by atoms with Crippen LogP contribution in [0.4, 0.5) is 0 Å². The Bertz CT molecular complexity index is 642. The number of hydrogen-bond acceptors (Lipinski definition) is 4. The number of halogens is 1. The molecular formula is C21H29ClN2OS2. The van der Waals surface area contributed by atoms with Gasteiger partial charge in [-0.05, 0) is 55.8 Å². The summed E-state index contributed by atoms with van der Waals surface area (Å²) in [6.07, 6.45) is 4.40. The van der Waals surface area contributed by atoms with Gasteiger partial charge in [-0.25, -0.2) is 0 Å². The van der Waals surface area contributed by atoms with Crippen molar-refractivity contribution in [2.24, 2.45) is 5.92 Å².